The van der Waals surface area contributed by atoms with Gasteiger partial charge in [-0.15, -0.1) is 0 Å². The number of fused-ring (bicyclic) bond motifs is 2. The summed E-state index contributed by atoms with van der Waals surface area (Å²) in [5.41, 5.74) is 5.56. The zero-order valence-corrected chi connectivity index (χ0v) is 57.8. The molecule has 11 N–H and O–H groups in total. The molecule has 0 spiro atoms. The van der Waals surface area contributed by atoms with Crippen LogP contribution in [0.25, 0.3) is 33.0 Å². The van der Waals surface area contributed by atoms with E-state index in [4.69, 9.17) is 34.1 Å². The van der Waals surface area contributed by atoms with Gasteiger partial charge in [0.1, 0.15) is 41.2 Å². The van der Waals surface area contributed by atoms with Crippen LogP contribution in [0.2, 0.25) is 0 Å². The van der Waals surface area contributed by atoms with Crippen molar-refractivity contribution in [3.8, 4) is 17.2 Å². The number of phenols is 1. The van der Waals surface area contributed by atoms with Crippen LogP contribution >= 0.6 is 0 Å². The minimum absolute atomic E-state index is 0.0690. The van der Waals surface area contributed by atoms with Crippen molar-refractivity contribution in [2.24, 2.45) is 35.3 Å². The van der Waals surface area contributed by atoms with Crippen molar-refractivity contribution in [1.29, 1.82) is 0 Å². The first-order chi connectivity index (χ1) is 47.6. The third-order valence-corrected chi connectivity index (χ3v) is 19.1. The van der Waals surface area contributed by atoms with E-state index >= 15 is 4.79 Å². The minimum Gasteiger partial charge on any atom is -0.505 e. The number of piperidine rings is 1. The molecule has 1 fully saturated rings. The van der Waals surface area contributed by atoms with E-state index in [2.05, 4.69) is 31.5 Å². The van der Waals surface area contributed by atoms with Gasteiger partial charge in [-0.05, 0) is 81.6 Å². The molecule has 4 aliphatic rings. The number of allylic oxidation sites excluding steroid dienone is 2. The summed E-state index contributed by atoms with van der Waals surface area (Å²) in [6.07, 6.45) is 10.2. The minimum atomic E-state index is -2.14. The number of methoxy groups -OCH3 is 1. The topological polar surface area (TPSA) is 390 Å². The lowest BCUT2D eigenvalue weighted by atomic mass is 9.78. The number of urea groups is 1. The van der Waals surface area contributed by atoms with E-state index in [0.29, 0.717) is 49.3 Å². The Kier molecular flexibility index (Phi) is 24.2. The smallest absolute Gasteiger partial charge is 0.312 e. The third-order valence-electron chi connectivity index (χ3n) is 19.1. The number of rotatable bonds is 21. The molecule has 1 aromatic heterocycles. The highest BCUT2D eigenvalue weighted by Gasteiger charge is 2.49. The van der Waals surface area contributed by atoms with Crippen molar-refractivity contribution >= 4 is 97.3 Å². The zero-order valence-electron chi connectivity index (χ0n) is 57.8. The van der Waals surface area contributed by atoms with Crippen molar-refractivity contribution in [3.05, 3.63) is 112 Å². The van der Waals surface area contributed by atoms with E-state index in [9.17, 15) is 58.8 Å². The van der Waals surface area contributed by atoms with Crippen LogP contribution in [0.15, 0.2) is 100.0 Å². The summed E-state index contributed by atoms with van der Waals surface area (Å²) in [7, 11) is 1.42. The van der Waals surface area contributed by atoms with Crippen LogP contribution in [0.5, 0.6) is 17.2 Å². The molecule has 1 saturated heterocycles. The van der Waals surface area contributed by atoms with Gasteiger partial charge in [0.05, 0.1) is 41.6 Å². The number of ketones is 1. The number of hydrogen-bond donors (Lipinski definition) is 10. The molecule has 4 bridgehead atoms. The number of primary amides is 1. The number of hydrogen-bond acceptors (Lipinski definition) is 20. The normalized spacial score (nSPS) is 24.7. The van der Waals surface area contributed by atoms with E-state index in [1.165, 1.54) is 51.5 Å². The Hall–Kier alpha value is -9.70. The zero-order chi connectivity index (χ0) is 72.4. The van der Waals surface area contributed by atoms with Crippen molar-refractivity contribution in [3.63, 3.8) is 0 Å². The molecule has 27 heteroatoms. The Labute approximate surface area is 578 Å². The molecule has 0 aliphatic carbocycles. The summed E-state index contributed by atoms with van der Waals surface area (Å²) >= 11 is 0. The molecule has 536 valence electrons. The molecule has 11 atom stereocenters. The lowest BCUT2D eigenvalue weighted by Crippen LogP contribution is -2.54. The monoisotopic (exact) mass is 1380 g/mol. The van der Waals surface area contributed by atoms with Crippen LogP contribution in [-0.4, -0.2) is 153 Å². The van der Waals surface area contributed by atoms with Gasteiger partial charge in [0.25, 0.3) is 23.5 Å². The number of aliphatic hydroxyl groups excluding tert-OH is 3. The summed E-state index contributed by atoms with van der Waals surface area (Å²) in [6.45, 7) is 14.7. The fourth-order valence-electron chi connectivity index (χ4n) is 13.0. The average Bonchev–Trinajstić information content (AvgIpc) is 1.29. The number of aromatic hydroxyl groups is 1. The van der Waals surface area contributed by atoms with Crippen LogP contribution in [0.1, 0.15) is 129 Å². The molecular weight excluding hydrogens is 1290 g/mol. The highest BCUT2D eigenvalue weighted by molar-refractivity contribution is 6.26. The second-order valence-electron chi connectivity index (χ2n) is 26.8. The second-order valence-corrected chi connectivity index (χ2v) is 26.8. The van der Waals surface area contributed by atoms with Crippen LogP contribution in [-0.2, 0) is 44.8 Å². The summed E-state index contributed by atoms with van der Waals surface area (Å²) < 4.78 is 31.6. The number of aromatic nitrogens is 1. The lowest BCUT2D eigenvalue weighted by molar-refractivity contribution is -0.137. The molecule has 4 aliphatic heterocycles. The van der Waals surface area contributed by atoms with E-state index in [1.54, 1.807) is 90.1 Å². The first-order valence-corrected chi connectivity index (χ1v) is 34.0. The molecule has 100 heavy (non-hydrogen) atoms. The largest absolute Gasteiger partial charge is 0.505 e. The van der Waals surface area contributed by atoms with Crippen molar-refractivity contribution in [1.82, 2.24) is 25.8 Å². The number of carbonyl (C=O) groups excluding carboxylic acids is 8. The van der Waals surface area contributed by atoms with Gasteiger partial charge >= 0.3 is 11.8 Å². The SMILES string of the molecule is CO[C@H]1/C=C/O[C@@]2(C)Oc3cc(=O)c4c(O)c(c5oc6cc(N7CCCCC7)cc(OCc7ccc(NC(=O)[C@H](CCCNC(N)=O)NC(=O)[C@@H](NC(=O)CCCCCN8C(=O)C=CC8=O)C(C)C)cc7)c6nc5c4c3C2=O)NC(=O)/C(C)=C\C=C\[C@H](C)[C@H](O)[C@@H](C)[C@@H](O)[C@@H](C)[C@H](O)[C@@H]1C. The number of carbonyl (C=O) groups is 8. The number of ether oxygens (including phenoxy) is 4. The Morgan fingerprint density at radius 1 is 0.830 bits per heavy atom. The van der Waals surface area contributed by atoms with Gasteiger partial charge in [0.2, 0.25) is 17.7 Å². The summed E-state index contributed by atoms with van der Waals surface area (Å²) in [4.78, 5) is 129. The van der Waals surface area contributed by atoms with Gasteiger partial charge in [0.15, 0.2) is 28.1 Å². The molecule has 0 saturated carbocycles. The molecule has 4 aromatic carbocycles. The van der Waals surface area contributed by atoms with Crippen LogP contribution in [0, 0.1) is 29.6 Å². The van der Waals surface area contributed by atoms with E-state index in [1.807, 2.05) is 0 Å². The summed E-state index contributed by atoms with van der Waals surface area (Å²) in [5, 5.41) is 60.0. The Bertz CT molecular complexity index is 4100. The number of imide groups is 1. The van der Waals surface area contributed by atoms with E-state index in [0.717, 1.165) is 30.2 Å². The van der Waals surface area contributed by atoms with Crippen molar-refractivity contribution in [2.75, 3.05) is 48.8 Å². The van der Waals surface area contributed by atoms with Gasteiger partial charge in [-0.2, -0.15) is 0 Å². The predicted octanol–water partition coefficient (Wildman–Crippen LogP) is 7.19. The van der Waals surface area contributed by atoms with Gasteiger partial charge in [-0.3, -0.25) is 43.3 Å². The first-order valence-electron chi connectivity index (χ1n) is 34.0. The summed E-state index contributed by atoms with van der Waals surface area (Å²) in [6, 6.07) is 8.34. The maximum absolute atomic E-state index is 15.1. The molecule has 5 aromatic rings. The number of nitrogens with one attached hydrogen (secondary N) is 5. The fourth-order valence-corrected chi connectivity index (χ4v) is 13.0. The number of unbranched alkanes of at least 4 members (excludes halogenated alkanes) is 2. The number of amides is 8. The molecule has 0 unspecified atom stereocenters. The maximum atomic E-state index is 15.1. The lowest BCUT2D eigenvalue weighted by Gasteiger charge is -2.36. The number of nitrogens with two attached hydrogens (primary N) is 1. The van der Waals surface area contributed by atoms with Gasteiger partial charge < -0.3 is 81.0 Å². The Morgan fingerprint density at radius 3 is 2.20 bits per heavy atom. The third kappa shape index (κ3) is 16.9. The number of benzene rings is 4. The molecule has 9 rings (SSSR count). The highest BCUT2D eigenvalue weighted by atomic mass is 16.7. The predicted molar refractivity (Wildman–Crippen MR) is 373 cm³/mol. The van der Waals surface area contributed by atoms with E-state index in [-0.39, 0.29) is 107 Å². The van der Waals surface area contributed by atoms with Crippen LogP contribution in [0.4, 0.5) is 21.9 Å². The van der Waals surface area contributed by atoms with E-state index < -0.39 is 124 Å². The standard InChI is InChI=1S/C73H91N9O18/c1-38(2)59(78-53(84)21-12-10-15-32-82-54(85)26-27-55(82)86)71(94)77-47(20-17-29-75-72(74)95)70(93)76-45-24-22-44(23-25-45)37-97-51-34-46(81-30-13-11-14-31-81)35-52-60(51)79-61-58-56-48(83)36-50-57(58)68(91)73(8,100-50)98-33-28-49(96-9)41(5)64(88)43(7)65(89)42(6)63(87)39(3)18-16-19-40(4)69(92)80-62(66(56)90)67(61)99-52/h16,18-19,22-28,33-36,38-39,41-43,47,49,59,63-65,87-90H,10-15,17,20-21,29-32,37H2,1-9H3,(H,76,93)(H,77,94)(H,78,84)(H,80,92)(H3,74,75,95)/b18-16+,33-28+,40-19-/t39-,41+,42+,43-,47-,49-,59-,63-,64+,65+,73-/m0/s1. The molecule has 8 amide bonds. The second kappa shape index (κ2) is 32.5. The Morgan fingerprint density at radius 2 is 1.52 bits per heavy atom. The fraction of sp³-hybridized carbons (Fsp3) is 0.479. The molecule has 5 heterocycles. The molecule has 27 nitrogen and oxygen atoms in total. The maximum Gasteiger partial charge on any atom is 0.312 e. The van der Waals surface area contributed by atoms with Gasteiger partial charge in [0, 0.05) is 123 Å². The average molecular weight is 1380 g/mol. The highest BCUT2D eigenvalue weighted by Crippen LogP contribution is 2.48. The first kappa shape index (κ1) is 74.5. The van der Waals surface area contributed by atoms with Gasteiger partial charge in [-0.1, -0.05) is 78.3 Å². The molecular formula is C73H91N9O18. The molecule has 0 radical (unpaired) electrons. The summed E-state index contributed by atoms with van der Waals surface area (Å²) in [5.74, 6) is -9.88. The van der Waals surface area contributed by atoms with Crippen LogP contribution < -0.4 is 52.1 Å². The van der Waals surface area contributed by atoms with Crippen LogP contribution in [0.3, 0.4) is 0 Å². The number of Topliss-reactive ketones (excluding diaryl/α,β-unsaturated/α-hetero) is 1. The number of anilines is 3. The Balaban J connectivity index is 1.03. The quantitative estimate of drug-likeness (QED) is 0.0114. The van der Waals surface area contributed by atoms with Crippen molar-refractivity contribution < 1.29 is 82.1 Å². The van der Waals surface area contributed by atoms with Gasteiger partial charge in [-0.25, -0.2) is 9.78 Å². The number of aliphatic hydroxyl groups is 3. The number of nitrogens with zero attached hydrogens (tertiary/aromatic N) is 3. The number of phenolic OH excluding ortho intramolecular Hbond substituents is 1. The van der Waals surface area contributed by atoms with Crippen molar-refractivity contribution in [2.45, 2.75) is 162 Å².